The van der Waals surface area contributed by atoms with Gasteiger partial charge >= 0.3 is 0 Å². The molecule has 2 aromatic rings. The number of benzene rings is 2. The van der Waals surface area contributed by atoms with Crippen molar-refractivity contribution in [3.05, 3.63) is 70.0 Å². The summed E-state index contributed by atoms with van der Waals surface area (Å²) in [5.74, 6) is 0.00429. The summed E-state index contributed by atoms with van der Waals surface area (Å²) in [5, 5.41) is 0.322. The van der Waals surface area contributed by atoms with Crippen LogP contribution in [-0.2, 0) is 6.42 Å². The first-order valence-electron chi connectivity index (χ1n) is 7.24. The molecule has 4 rings (SSSR count). The fourth-order valence-corrected chi connectivity index (χ4v) is 3.95. The minimum atomic E-state index is -0.510. The highest BCUT2D eigenvalue weighted by molar-refractivity contribution is 6.30. The third kappa shape index (κ3) is 2.01. The van der Waals surface area contributed by atoms with Crippen molar-refractivity contribution >= 4 is 17.4 Å². The third-order valence-electron chi connectivity index (χ3n) is 4.83. The summed E-state index contributed by atoms with van der Waals surface area (Å²) < 4.78 is 14.0. The van der Waals surface area contributed by atoms with Crippen LogP contribution < -0.4 is 0 Å². The van der Waals surface area contributed by atoms with Gasteiger partial charge in [-0.3, -0.25) is 4.79 Å². The van der Waals surface area contributed by atoms with Gasteiger partial charge in [-0.25, -0.2) is 4.39 Å². The van der Waals surface area contributed by atoms with E-state index in [1.165, 1.54) is 23.3 Å². The van der Waals surface area contributed by atoms with E-state index in [0.717, 1.165) is 12.8 Å². The SMILES string of the molecule is O=C(c1ccc(Cl)cc1F)C1C2CCc3ccccc3C21. The van der Waals surface area contributed by atoms with Gasteiger partial charge in [0.15, 0.2) is 5.78 Å². The molecule has 0 aliphatic heterocycles. The van der Waals surface area contributed by atoms with Crippen LogP contribution in [0.25, 0.3) is 0 Å². The van der Waals surface area contributed by atoms with Crippen molar-refractivity contribution in [1.29, 1.82) is 0 Å². The number of hydrogen-bond acceptors (Lipinski definition) is 1. The predicted molar refractivity (Wildman–Crippen MR) is 80.2 cm³/mol. The lowest BCUT2D eigenvalue weighted by molar-refractivity contribution is 0.0955. The van der Waals surface area contributed by atoms with Crippen molar-refractivity contribution < 1.29 is 9.18 Å². The Bertz CT molecular complexity index is 740. The third-order valence-corrected chi connectivity index (χ3v) is 5.06. The van der Waals surface area contributed by atoms with E-state index in [-0.39, 0.29) is 23.2 Å². The van der Waals surface area contributed by atoms with Crippen molar-refractivity contribution in [2.24, 2.45) is 11.8 Å². The fraction of sp³-hybridized carbons (Fsp3) is 0.278. The first-order valence-corrected chi connectivity index (χ1v) is 7.61. The highest BCUT2D eigenvalue weighted by atomic mass is 35.5. The van der Waals surface area contributed by atoms with Gasteiger partial charge in [0.1, 0.15) is 5.82 Å². The average Bonchev–Trinajstić information content (AvgIpc) is 3.21. The summed E-state index contributed by atoms with van der Waals surface area (Å²) in [6.45, 7) is 0. The number of Topliss-reactive ketones (excluding diaryl/α,β-unsaturated/α-hetero) is 1. The molecule has 3 heteroatoms. The average molecular weight is 301 g/mol. The first-order chi connectivity index (χ1) is 10.2. The molecule has 0 aromatic heterocycles. The second kappa shape index (κ2) is 4.67. The summed E-state index contributed by atoms with van der Waals surface area (Å²) in [6, 6.07) is 12.6. The minimum absolute atomic E-state index is 0.0654. The molecule has 3 unspecified atom stereocenters. The zero-order chi connectivity index (χ0) is 14.6. The Balaban J connectivity index is 1.66. The Labute approximate surface area is 127 Å². The number of carbonyl (C=O) groups is 1. The molecule has 1 nitrogen and oxygen atoms in total. The number of rotatable bonds is 2. The highest BCUT2D eigenvalue weighted by Crippen LogP contribution is 2.60. The Morgan fingerprint density at radius 1 is 1.19 bits per heavy atom. The molecular formula is C18H14ClFO. The molecule has 0 saturated heterocycles. The van der Waals surface area contributed by atoms with E-state index in [0.29, 0.717) is 10.9 Å². The summed E-state index contributed by atoms with van der Waals surface area (Å²) in [6.07, 6.45) is 2.04. The molecule has 106 valence electrons. The van der Waals surface area contributed by atoms with E-state index in [1.54, 1.807) is 6.07 Å². The van der Waals surface area contributed by atoms with Crippen LogP contribution in [0.15, 0.2) is 42.5 Å². The van der Waals surface area contributed by atoms with Crippen LogP contribution in [0.3, 0.4) is 0 Å². The molecule has 0 bridgehead atoms. The summed E-state index contributed by atoms with van der Waals surface area (Å²) in [7, 11) is 0. The standard InChI is InChI=1S/C18H14ClFO/c19-11-6-8-13(15(20)9-11)18(21)17-14-7-5-10-3-1-2-4-12(10)16(14)17/h1-4,6,8-9,14,16-17H,5,7H2. The number of carbonyl (C=O) groups excluding carboxylic acids is 1. The summed E-state index contributed by atoms with van der Waals surface area (Å²) in [4.78, 5) is 12.6. The van der Waals surface area contributed by atoms with Crippen LogP contribution in [0.1, 0.15) is 33.8 Å². The van der Waals surface area contributed by atoms with Crippen molar-refractivity contribution in [3.8, 4) is 0 Å². The highest BCUT2D eigenvalue weighted by Gasteiger charge is 2.57. The maximum absolute atomic E-state index is 14.0. The molecule has 2 aliphatic carbocycles. The van der Waals surface area contributed by atoms with Gasteiger partial charge in [-0.2, -0.15) is 0 Å². The van der Waals surface area contributed by atoms with Crippen LogP contribution >= 0.6 is 11.6 Å². The van der Waals surface area contributed by atoms with Gasteiger partial charge in [0.25, 0.3) is 0 Å². The molecule has 3 atom stereocenters. The Kier molecular flexibility index (Phi) is 2.90. The van der Waals surface area contributed by atoms with Crippen molar-refractivity contribution in [2.75, 3.05) is 0 Å². The second-order valence-electron chi connectivity index (χ2n) is 5.94. The zero-order valence-corrected chi connectivity index (χ0v) is 12.1. The van der Waals surface area contributed by atoms with Gasteiger partial charge in [0.05, 0.1) is 5.56 Å². The van der Waals surface area contributed by atoms with E-state index in [9.17, 15) is 9.18 Å². The van der Waals surface area contributed by atoms with Crippen LogP contribution in [0.5, 0.6) is 0 Å². The lowest BCUT2D eigenvalue weighted by Crippen LogP contribution is -2.06. The second-order valence-corrected chi connectivity index (χ2v) is 6.38. The number of ketones is 1. The molecule has 2 aromatic carbocycles. The number of fused-ring (bicyclic) bond motifs is 3. The molecule has 2 aliphatic rings. The van der Waals surface area contributed by atoms with Crippen LogP contribution in [0.4, 0.5) is 4.39 Å². The normalized spacial score (nSPS) is 25.9. The zero-order valence-electron chi connectivity index (χ0n) is 11.4. The van der Waals surface area contributed by atoms with E-state index < -0.39 is 5.82 Å². The number of hydrogen-bond donors (Lipinski definition) is 0. The summed E-state index contributed by atoms with van der Waals surface area (Å²) >= 11 is 5.75. The van der Waals surface area contributed by atoms with Gasteiger partial charge in [-0.1, -0.05) is 35.9 Å². The van der Waals surface area contributed by atoms with E-state index in [1.807, 2.05) is 12.1 Å². The first kappa shape index (κ1) is 13.0. The van der Waals surface area contributed by atoms with Crippen LogP contribution in [0, 0.1) is 17.7 Å². The molecule has 0 heterocycles. The van der Waals surface area contributed by atoms with Crippen molar-refractivity contribution in [1.82, 2.24) is 0 Å². The monoisotopic (exact) mass is 300 g/mol. The predicted octanol–water partition coefficient (Wildman–Crippen LogP) is 4.64. The molecule has 0 N–H and O–H groups in total. The lowest BCUT2D eigenvalue weighted by Gasteiger charge is -2.13. The van der Waals surface area contributed by atoms with E-state index in [4.69, 9.17) is 11.6 Å². The summed E-state index contributed by atoms with van der Waals surface area (Å²) in [5.41, 5.74) is 2.79. The van der Waals surface area contributed by atoms with Gasteiger partial charge < -0.3 is 0 Å². The molecule has 0 radical (unpaired) electrons. The molecule has 21 heavy (non-hydrogen) atoms. The van der Waals surface area contributed by atoms with Gasteiger partial charge in [0, 0.05) is 10.9 Å². The van der Waals surface area contributed by atoms with Gasteiger partial charge in [0.2, 0.25) is 0 Å². The van der Waals surface area contributed by atoms with Crippen molar-refractivity contribution in [3.63, 3.8) is 0 Å². The van der Waals surface area contributed by atoms with Crippen LogP contribution in [0.2, 0.25) is 5.02 Å². The van der Waals surface area contributed by atoms with Crippen molar-refractivity contribution in [2.45, 2.75) is 18.8 Å². The van der Waals surface area contributed by atoms with E-state index >= 15 is 0 Å². The van der Waals surface area contributed by atoms with Gasteiger partial charge in [-0.05, 0) is 54.0 Å². The number of halogens is 2. The molecule has 0 spiro atoms. The Morgan fingerprint density at radius 2 is 2.00 bits per heavy atom. The molecule has 0 amide bonds. The van der Waals surface area contributed by atoms with E-state index in [2.05, 4.69) is 12.1 Å². The minimum Gasteiger partial charge on any atom is -0.294 e. The number of aryl methyl sites for hydroxylation is 1. The van der Waals surface area contributed by atoms with Crippen LogP contribution in [-0.4, -0.2) is 5.78 Å². The maximum Gasteiger partial charge on any atom is 0.169 e. The Morgan fingerprint density at radius 3 is 2.81 bits per heavy atom. The topological polar surface area (TPSA) is 17.1 Å². The quantitative estimate of drug-likeness (QED) is 0.739. The van der Waals surface area contributed by atoms with Gasteiger partial charge in [-0.15, -0.1) is 0 Å². The molecule has 1 fully saturated rings. The molecular weight excluding hydrogens is 287 g/mol. The smallest absolute Gasteiger partial charge is 0.169 e. The maximum atomic E-state index is 14.0. The Hall–Kier alpha value is -1.67. The lowest BCUT2D eigenvalue weighted by atomic mass is 9.92. The largest absolute Gasteiger partial charge is 0.294 e. The molecule has 1 saturated carbocycles. The fourth-order valence-electron chi connectivity index (χ4n) is 3.79.